The Bertz CT molecular complexity index is 3620. The first-order valence-electron chi connectivity index (χ1n) is 23.9. The summed E-state index contributed by atoms with van der Waals surface area (Å²) in [5.74, 6) is 2.64. The average Bonchev–Trinajstić information content (AvgIpc) is 3.96. The van der Waals surface area contributed by atoms with Crippen LogP contribution in [0.25, 0.3) is 83.8 Å². The third-order valence-corrected chi connectivity index (χ3v) is 13.1. The van der Waals surface area contributed by atoms with Gasteiger partial charge in [0.25, 0.3) is 6.33 Å². The predicted molar refractivity (Wildman–Crippen MR) is 284 cm³/mol. The van der Waals surface area contributed by atoms with E-state index in [0.29, 0.717) is 11.5 Å². The van der Waals surface area contributed by atoms with E-state index in [9.17, 15) is 0 Å². The Balaban J connectivity index is 0.00000582. The fourth-order valence-corrected chi connectivity index (χ4v) is 9.35. The minimum absolute atomic E-state index is 0. The summed E-state index contributed by atoms with van der Waals surface area (Å²) in [6.07, 6.45) is 5.71. The number of ether oxygens (including phenoxy) is 1. The van der Waals surface area contributed by atoms with Crippen LogP contribution in [0.5, 0.6) is 11.5 Å². The number of nitrogens with zero attached hydrogens (tertiary/aromatic N) is 5. The molecular formula is C64H53N5OPt-2. The van der Waals surface area contributed by atoms with Gasteiger partial charge in [-0.3, -0.25) is 0 Å². The van der Waals surface area contributed by atoms with Crippen LogP contribution in [-0.2, 0) is 31.9 Å². The number of rotatable bonds is 9. The number of aryl methyl sites for hydroxylation is 1. The molecule has 0 aliphatic rings. The van der Waals surface area contributed by atoms with E-state index in [-0.39, 0.29) is 31.9 Å². The first-order valence-corrected chi connectivity index (χ1v) is 23.9. The fraction of sp³-hybridized carbons (Fsp3) is 0.141. The Morgan fingerprint density at radius 3 is 1.69 bits per heavy atom. The van der Waals surface area contributed by atoms with Crippen molar-refractivity contribution >= 4 is 21.8 Å². The molecule has 0 amide bonds. The number of hydrogen-bond acceptors (Lipinski definition) is 3. The van der Waals surface area contributed by atoms with Gasteiger partial charge in [-0.05, 0) is 79.8 Å². The summed E-state index contributed by atoms with van der Waals surface area (Å²) in [5, 5.41) is 7.71. The molecule has 0 aliphatic heterocycles. The summed E-state index contributed by atoms with van der Waals surface area (Å²) in [6, 6.07) is 72.7. The van der Waals surface area contributed by atoms with Crippen molar-refractivity contribution in [2.45, 2.75) is 59.3 Å². The zero-order valence-corrected chi connectivity index (χ0v) is 43.2. The Kier molecular flexibility index (Phi) is 12.5. The second kappa shape index (κ2) is 18.9. The maximum absolute atomic E-state index is 6.76. The van der Waals surface area contributed by atoms with Crippen LogP contribution in [0.4, 0.5) is 0 Å². The standard InChI is InChI=1S/C64H53N5O.Pt/c1-43-35-60(65-41-57(43)46-25-15-10-16-26-46)69-58-32-18-17-29-55(58)56-34-33-52(40-59(56)69)70-51-28-19-27-50(39-51)67-42-68(66-62(67)47-36-48(63(2,3)4)38-49(37-47)64(5,6)7)61-53(44-21-11-8-12-22-44)30-20-31-54(61)45-23-13-9-14-24-45;/h8-38,41H,1-7H3;/q-2;. The molecule has 6 nitrogen and oxygen atoms in total. The van der Waals surface area contributed by atoms with Crippen molar-refractivity contribution in [1.29, 1.82) is 0 Å². The largest absolute Gasteiger partial charge is 0.510 e. The third-order valence-electron chi connectivity index (χ3n) is 13.1. The molecule has 3 aromatic heterocycles. The Morgan fingerprint density at radius 1 is 0.521 bits per heavy atom. The Morgan fingerprint density at radius 2 is 1.08 bits per heavy atom. The van der Waals surface area contributed by atoms with Crippen molar-refractivity contribution in [1.82, 2.24) is 19.2 Å². The van der Waals surface area contributed by atoms with E-state index >= 15 is 0 Å². The minimum atomic E-state index is -0.114. The smallest absolute Gasteiger partial charge is 0.272 e. The number of para-hydroxylation sites is 2. The van der Waals surface area contributed by atoms with Gasteiger partial charge in [-0.2, -0.15) is 22.9 Å². The van der Waals surface area contributed by atoms with E-state index in [1.54, 1.807) is 0 Å². The van der Waals surface area contributed by atoms with E-state index in [1.807, 2.05) is 45.8 Å². The van der Waals surface area contributed by atoms with Crippen LogP contribution in [0, 0.1) is 25.4 Å². The summed E-state index contributed by atoms with van der Waals surface area (Å²) in [4.78, 5) is 5.04. The quantitative estimate of drug-likeness (QED) is 0.107. The maximum atomic E-state index is 6.76. The van der Waals surface area contributed by atoms with Crippen LogP contribution in [0.15, 0.2) is 194 Å². The van der Waals surface area contributed by atoms with Crippen molar-refractivity contribution in [2.24, 2.45) is 0 Å². The number of benzene rings is 8. The molecule has 0 saturated heterocycles. The van der Waals surface area contributed by atoms with E-state index in [0.717, 1.165) is 89.3 Å². The maximum Gasteiger partial charge on any atom is 0.272 e. The summed E-state index contributed by atoms with van der Waals surface area (Å²) < 4.78 is 12.9. The molecule has 0 N–H and O–H groups in total. The SMILES string of the molecule is Cc1cc(-n2c3[c-]c(Oc4[c-]c(-n5[c-][n+](-c6c(-c7ccccc7)cccc6-c6ccccc6)nc5-c5cc(C(C)(C)C)cc(C(C)(C)C)c5)ccc4)ccc3c3ccccc32)ncc1-c1ccccc1.[Pt]. The van der Waals surface area contributed by atoms with Crippen molar-refractivity contribution < 1.29 is 30.5 Å². The molecule has 0 atom stereocenters. The monoisotopic (exact) mass is 1100 g/mol. The molecule has 0 saturated carbocycles. The predicted octanol–water partition coefficient (Wildman–Crippen LogP) is 15.4. The van der Waals surface area contributed by atoms with Gasteiger partial charge in [0.2, 0.25) is 0 Å². The molecule has 71 heavy (non-hydrogen) atoms. The topological polar surface area (TPSA) is 48.8 Å². The van der Waals surface area contributed by atoms with Gasteiger partial charge in [0.15, 0.2) is 5.82 Å². The van der Waals surface area contributed by atoms with Crippen LogP contribution < -0.4 is 9.42 Å². The summed E-state index contributed by atoms with van der Waals surface area (Å²) >= 11 is 0. The molecule has 352 valence electrons. The minimum Gasteiger partial charge on any atom is -0.510 e. The molecule has 0 spiro atoms. The first-order chi connectivity index (χ1) is 33.9. The molecule has 11 aromatic rings. The van der Waals surface area contributed by atoms with Gasteiger partial charge in [0.1, 0.15) is 5.82 Å². The molecule has 7 heteroatoms. The van der Waals surface area contributed by atoms with Crippen molar-refractivity contribution in [2.75, 3.05) is 0 Å². The van der Waals surface area contributed by atoms with E-state index in [2.05, 4.69) is 229 Å². The third kappa shape index (κ3) is 9.17. The Labute approximate surface area is 431 Å². The summed E-state index contributed by atoms with van der Waals surface area (Å²) in [6.45, 7) is 15.7. The number of hydrogen-bond donors (Lipinski definition) is 0. The van der Waals surface area contributed by atoms with Crippen molar-refractivity contribution in [3.8, 4) is 73.5 Å². The van der Waals surface area contributed by atoms with Gasteiger partial charge >= 0.3 is 0 Å². The van der Waals surface area contributed by atoms with Crippen LogP contribution in [0.3, 0.4) is 0 Å². The van der Waals surface area contributed by atoms with Gasteiger partial charge in [-0.25, -0.2) is 4.98 Å². The normalized spacial score (nSPS) is 11.8. The molecule has 11 rings (SSSR count). The average molecular weight is 1100 g/mol. The van der Waals surface area contributed by atoms with Crippen molar-refractivity contribution in [3.63, 3.8) is 0 Å². The fourth-order valence-electron chi connectivity index (χ4n) is 9.35. The van der Waals surface area contributed by atoms with Crippen LogP contribution in [-0.4, -0.2) is 19.2 Å². The van der Waals surface area contributed by atoms with Crippen LogP contribution >= 0.6 is 0 Å². The first kappa shape index (κ1) is 47.0. The molecular weight excluding hydrogens is 1050 g/mol. The second-order valence-electron chi connectivity index (χ2n) is 20.1. The van der Waals surface area contributed by atoms with Gasteiger partial charge in [-0.1, -0.05) is 198 Å². The van der Waals surface area contributed by atoms with Crippen molar-refractivity contribution in [3.05, 3.63) is 229 Å². The van der Waals surface area contributed by atoms with Crippen LogP contribution in [0.1, 0.15) is 58.2 Å². The molecule has 0 bridgehead atoms. The zero-order chi connectivity index (χ0) is 48.1. The molecule has 0 fully saturated rings. The summed E-state index contributed by atoms with van der Waals surface area (Å²) in [5.41, 5.74) is 14.4. The zero-order valence-electron chi connectivity index (χ0n) is 40.9. The molecule has 0 unspecified atom stereocenters. The second-order valence-corrected chi connectivity index (χ2v) is 20.1. The van der Waals surface area contributed by atoms with Gasteiger partial charge in [-0.15, -0.1) is 34.8 Å². The number of aromatic nitrogens is 5. The van der Waals surface area contributed by atoms with E-state index < -0.39 is 0 Å². The Hall–Kier alpha value is -7.66. The molecule has 0 aliphatic carbocycles. The number of fused-ring (bicyclic) bond motifs is 3. The number of pyridine rings is 1. The molecule has 0 radical (unpaired) electrons. The summed E-state index contributed by atoms with van der Waals surface area (Å²) in [7, 11) is 0. The van der Waals surface area contributed by atoms with Gasteiger partial charge in [0.05, 0.1) is 5.69 Å². The molecule has 8 aromatic carbocycles. The van der Waals surface area contributed by atoms with E-state index in [4.69, 9.17) is 14.8 Å². The molecule has 3 heterocycles. The van der Waals surface area contributed by atoms with Gasteiger partial charge < -0.3 is 13.9 Å². The van der Waals surface area contributed by atoms with E-state index in [1.165, 1.54) is 11.1 Å². The van der Waals surface area contributed by atoms with Crippen LogP contribution in [0.2, 0.25) is 0 Å². The van der Waals surface area contributed by atoms with Gasteiger partial charge in [0, 0.05) is 55.4 Å².